The molecule has 7 heteroatoms. The Morgan fingerprint density at radius 3 is 2.85 bits per heavy atom. The Morgan fingerprint density at radius 1 is 1.22 bits per heavy atom. The summed E-state index contributed by atoms with van der Waals surface area (Å²) in [5.41, 5.74) is 1.88. The molecule has 0 saturated carbocycles. The monoisotopic (exact) mass is 363 g/mol. The molecule has 1 amide bonds. The zero-order chi connectivity index (χ0) is 18.5. The lowest BCUT2D eigenvalue weighted by atomic mass is 10.2. The van der Waals surface area contributed by atoms with Crippen molar-refractivity contribution in [3.63, 3.8) is 0 Å². The first kappa shape index (κ1) is 17.4. The number of benzene rings is 1. The molecule has 1 unspecified atom stereocenters. The number of rotatable bonds is 5. The maximum atomic E-state index is 12.6. The van der Waals surface area contributed by atoms with Crippen molar-refractivity contribution in [2.75, 3.05) is 25.0 Å². The van der Waals surface area contributed by atoms with Gasteiger partial charge in [-0.3, -0.25) is 14.3 Å². The van der Waals surface area contributed by atoms with Crippen LogP contribution in [0.3, 0.4) is 0 Å². The average molecular weight is 363 g/mol. The van der Waals surface area contributed by atoms with E-state index in [1.54, 1.807) is 23.3 Å². The molecule has 27 heavy (non-hydrogen) atoms. The van der Waals surface area contributed by atoms with Crippen LogP contribution in [0, 0.1) is 0 Å². The Balaban J connectivity index is 1.35. The molecule has 3 heterocycles. The zero-order valence-electron chi connectivity index (χ0n) is 14.9. The van der Waals surface area contributed by atoms with Crippen molar-refractivity contribution in [3.8, 4) is 5.82 Å². The average Bonchev–Trinajstić information content (AvgIpc) is 3.24. The summed E-state index contributed by atoms with van der Waals surface area (Å²) in [6.45, 7) is 2.75. The van der Waals surface area contributed by atoms with Crippen LogP contribution in [0.1, 0.15) is 5.56 Å². The van der Waals surface area contributed by atoms with Gasteiger partial charge in [0.25, 0.3) is 5.91 Å². The maximum Gasteiger partial charge on any atom is 0.254 e. The summed E-state index contributed by atoms with van der Waals surface area (Å²) < 4.78 is 7.48. The Morgan fingerprint density at radius 2 is 2.11 bits per heavy atom. The van der Waals surface area contributed by atoms with Crippen molar-refractivity contribution < 1.29 is 9.53 Å². The van der Waals surface area contributed by atoms with Crippen LogP contribution in [-0.4, -0.2) is 51.1 Å². The highest BCUT2D eigenvalue weighted by Gasteiger charge is 2.26. The van der Waals surface area contributed by atoms with Crippen LogP contribution < -0.4 is 5.32 Å². The second-order valence-electron chi connectivity index (χ2n) is 6.44. The number of amides is 1. The third kappa shape index (κ3) is 4.39. The van der Waals surface area contributed by atoms with Crippen molar-refractivity contribution in [2.45, 2.75) is 12.6 Å². The lowest BCUT2D eigenvalue weighted by molar-refractivity contribution is -0.133. The number of anilines is 1. The summed E-state index contributed by atoms with van der Waals surface area (Å²) in [6.07, 6.45) is 6.34. The fraction of sp³-hybridized carbons (Fsp3) is 0.250. The van der Waals surface area contributed by atoms with Gasteiger partial charge in [0.2, 0.25) is 0 Å². The van der Waals surface area contributed by atoms with E-state index < -0.39 is 6.10 Å². The number of ether oxygens (including phenoxy) is 1. The van der Waals surface area contributed by atoms with E-state index in [4.69, 9.17) is 4.74 Å². The number of pyridine rings is 1. The summed E-state index contributed by atoms with van der Waals surface area (Å²) in [5.74, 6) is 0.596. The molecule has 0 aliphatic carbocycles. The van der Waals surface area contributed by atoms with Crippen molar-refractivity contribution >= 4 is 11.6 Å². The SMILES string of the molecule is O=C(Nc1ccc(-n2ccnc2)nc1)C1CN(Cc2ccccc2)CCO1. The van der Waals surface area contributed by atoms with Crippen molar-refractivity contribution in [1.82, 2.24) is 19.4 Å². The molecular formula is C20H21N5O2. The summed E-state index contributed by atoms with van der Waals surface area (Å²) in [7, 11) is 0. The minimum absolute atomic E-state index is 0.148. The first-order chi connectivity index (χ1) is 13.3. The molecule has 1 N–H and O–H groups in total. The van der Waals surface area contributed by atoms with E-state index in [0.717, 1.165) is 18.9 Å². The molecule has 0 bridgehead atoms. The topological polar surface area (TPSA) is 72.3 Å². The van der Waals surface area contributed by atoms with Crippen LogP contribution in [0.5, 0.6) is 0 Å². The predicted octanol–water partition coefficient (Wildman–Crippen LogP) is 2.11. The van der Waals surface area contributed by atoms with Gasteiger partial charge in [-0.05, 0) is 17.7 Å². The summed E-state index contributed by atoms with van der Waals surface area (Å²) in [6, 6.07) is 13.9. The van der Waals surface area contributed by atoms with E-state index >= 15 is 0 Å². The van der Waals surface area contributed by atoms with Crippen molar-refractivity contribution in [3.05, 3.63) is 72.9 Å². The second kappa shape index (κ2) is 8.11. The van der Waals surface area contributed by atoms with Crippen LogP contribution in [0.15, 0.2) is 67.4 Å². The highest BCUT2D eigenvalue weighted by atomic mass is 16.5. The standard InChI is InChI=1S/C20H21N5O2/c26-20(23-17-6-7-19(22-12-17)25-9-8-21-15-25)18-14-24(10-11-27-18)13-16-4-2-1-3-5-16/h1-9,12,15,18H,10-11,13-14H2,(H,23,26). The second-order valence-corrected chi connectivity index (χ2v) is 6.44. The van der Waals surface area contributed by atoms with Gasteiger partial charge in [0, 0.05) is 32.0 Å². The van der Waals surface area contributed by atoms with E-state index in [-0.39, 0.29) is 5.91 Å². The van der Waals surface area contributed by atoms with E-state index in [2.05, 4.69) is 32.3 Å². The smallest absolute Gasteiger partial charge is 0.254 e. The Bertz CT molecular complexity index is 865. The van der Waals surface area contributed by atoms with Gasteiger partial charge in [-0.25, -0.2) is 9.97 Å². The number of aromatic nitrogens is 3. The zero-order valence-corrected chi connectivity index (χ0v) is 14.9. The number of hydrogen-bond donors (Lipinski definition) is 1. The molecule has 138 valence electrons. The minimum Gasteiger partial charge on any atom is -0.366 e. The van der Waals surface area contributed by atoms with Gasteiger partial charge >= 0.3 is 0 Å². The van der Waals surface area contributed by atoms with Gasteiger partial charge < -0.3 is 10.1 Å². The fourth-order valence-electron chi connectivity index (χ4n) is 3.08. The number of imidazole rings is 1. The fourth-order valence-corrected chi connectivity index (χ4v) is 3.08. The number of nitrogens with one attached hydrogen (secondary N) is 1. The molecule has 1 aliphatic rings. The van der Waals surface area contributed by atoms with Gasteiger partial charge in [0.1, 0.15) is 18.2 Å². The predicted molar refractivity (Wildman–Crippen MR) is 101 cm³/mol. The van der Waals surface area contributed by atoms with Crippen molar-refractivity contribution in [2.24, 2.45) is 0 Å². The number of morpholine rings is 1. The molecule has 1 fully saturated rings. The van der Waals surface area contributed by atoms with Crippen LogP contribution >= 0.6 is 0 Å². The van der Waals surface area contributed by atoms with Crippen LogP contribution in [0.25, 0.3) is 5.82 Å². The van der Waals surface area contributed by atoms with E-state index in [1.165, 1.54) is 5.56 Å². The van der Waals surface area contributed by atoms with E-state index in [9.17, 15) is 4.79 Å². The normalized spacial score (nSPS) is 17.6. The van der Waals surface area contributed by atoms with Gasteiger partial charge in [-0.15, -0.1) is 0 Å². The van der Waals surface area contributed by atoms with E-state index in [1.807, 2.05) is 36.5 Å². The quantitative estimate of drug-likeness (QED) is 0.752. The highest BCUT2D eigenvalue weighted by Crippen LogP contribution is 2.14. The minimum atomic E-state index is -0.490. The first-order valence-corrected chi connectivity index (χ1v) is 8.91. The molecule has 3 aromatic rings. The lowest BCUT2D eigenvalue weighted by Gasteiger charge is -2.32. The number of nitrogens with zero attached hydrogens (tertiary/aromatic N) is 4. The van der Waals surface area contributed by atoms with Crippen LogP contribution in [-0.2, 0) is 16.1 Å². The third-order valence-electron chi connectivity index (χ3n) is 4.48. The largest absolute Gasteiger partial charge is 0.366 e. The lowest BCUT2D eigenvalue weighted by Crippen LogP contribution is -2.47. The molecule has 0 radical (unpaired) electrons. The highest BCUT2D eigenvalue weighted by molar-refractivity contribution is 5.94. The third-order valence-corrected chi connectivity index (χ3v) is 4.48. The molecule has 2 aromatic heterocycles. The Labute approximate surface area is 157 Å². The molecule has 1 atom stereocenters. The van der Waals surface area contributed by atoms with Gasteiger partial charge in [0.05, 0.1) is 18.5 Å². The molecule has 4 rings (SSSR count). The van der Waals surface area contributed by atoms with Gasteiger partial charge in [0.15, 0.2) is 0 Å². The molecule has 1 aromatic carbocycles. The Hall–Kier alpha value is -3.03. The first-order valence-electron chi connectivity index (χ1n) is 8.91. The maximum absolute atomic E-state index is 12.6. The molecule has 1 saturated heterocycles. The van der Waals surface area contributed by atoms with Crippen molar-refractivity contribution in [1.29, 1.82) is 0 Å². The number of hydrogen-bond acceptors (Lipinski definition) is 5. The molecule has 1 aliphatic heterocycles. The molecular weight excluding hydrogens is 342 g/mol. The van der Waals surface area contributed by atoms with Gasteiger partial charge in [-0.1, -0.05) is 30.3 Å². The van der Waals surface area contributed by atoms with Gasteiger partial charge in [-0.2, -0.15) is 0 Å². The molecule has 0 spiro atoms. The Kier molecular flexibility index (Phi) is 5.22. The van der Waals surface area contributed by atoms with Crippen LogP contribution in [0.2, 0.25) is 0 Å². The number of carbonyl (C=O) groups excluding carboxylic acids is 1. The summed E-state index contributed by atoms with van der Waals surface area (Å²) >= 11 is 0. The van der Waals surface area contributed by atoms with E-state index in [0.29, 0.717) is 18.8 Å². The number of carbonyl (C=O) groups is 1. The molecule has 7 nitrogen and oxygen atoms in total. The summed E-state index contributed by atoms with van der Waals surface area (Å²) in [5, 5.41) is 2.89. The van der Waals surface area contributed by atoms with Crippen LogP contribution in [0.4, 0.5) is 5.69 Å². The summed E-state index contributed by atoms with van der Waals surface area (Å²) in [4.78, 5) is 23.2.